The number of pyridine rings is 1. The normalized spacial score (nSPS) is 11.3. The topological polar surface area (TPSA) is 78.3 Å². The lowest BCUT2D eigenvalue weighted by atomic mass is 10.0. The summed E-state index contributed by atoms with van der Waals surface area (Å²) in [5, 5.41) is 8.10. The van der Waals surface area contributed by atoms with Crippen molar-refractivity contribution >= 4 is 22.6 Å². The molecule has 0 unspecified atom stereocenters. The van der Waals surface area contributed by atoms with E-state index < -0.39 is 0 Å². The maximum atomic E-state index is 13.1. The minimum atomic E-state index is -0.229. The molecule has 0 saturated heterocycles. The molecular formula is C21H26N4O3. The van der Waals surface area contributed by atoms with Crippen LogP contribution in [0.15, 0.2) is 30.5 Å². The first-order valence-corrected chi connectivity index (χ1v) is 9.26. The van der Waals surface area contributed by atoms with E-state index in [9.17, 15) is 4.79 Å². The van der Waals surface area contributed by atoms with E-state index in [2.05, 4.69) is 24.3 Å². The Morgan fingerprint density at radius 2 is 1.68 bits per heavy atom. The summed E-state index contributed by atoms with van der Waals surface area (Å²) in [6.45, 7) is 8.19. The highest BCUT2D eigenvalue weighted by molar-refractivity contribution is 6.12. The average Bonchev–Trinajstić information content (AvgIpc) is 3.10. The Kier molecular flexibility index (Phi) is 5.53. The van der Waals surface area contributed by atoms with Crippen LogP contribution in [0.4, 0.5) is 5.69 Å². The van der Waals surface area contributed by atoms with Gasteiger partial charge in [-0.05, 0) is 25.8 Å². The van der Waals surface area contributed by atoms with Gasteiger partial charge < -0.3 is 14.8 Å². The van der Waals surface area contributed by atoms with Crippen LogP contribution in [0.3, 0.4) is 0 Å². The number of nitrogens with one attached hydrogen (secondary N) is 1. The van der Waals surface area contributed by atoms with E-state index in [4.69, 9.17) is 14.5 Å². The molecule has 7 heteroatoms. The van der Waals surface area contributed by atoms with Crippen molar-refractivity contribution in [3.8, 4) is 11.5 Å². The Labute approximate surface area is 164 Å². The zero-order valence-electron chi connectivity index (χ0n) is 17.1. The highest BCUT2D eigenvalue weighted by Gasteiger charge is 2.19. The van der Waals surface area contributed by atoms with E-state index in [1.54, 1.807) is 38.6 Å². The van der Waals surface area contributed by atoms with E-state index in [1.165, 1.54) is 0 Å². The molecule has 3 rings (SSSR count). The standard InChI is InChI=1S/C21H26N4O3/c1-12(2)19-10-17(18-11-22-25(13(3)4)20(18)24-19)21(26)23-14-7-15(27-5)9-16(8-14)28-6/h7-13H,1-6H3,(H,23,26). The van der Waals surface area contributed by atoms with Gasteiger partial charge in [-0.25, -0.2) is 9.67 Å². The SMILES string of the molecule is COc1cc(NC(=O)c2cc(C(C)C)nc3c2cnn3C(C)C)cc(OC)c1. The summed E-state index contributed by atoms with van der Waals surface area (Å²) in [7, 11) is 3.14. The molecule has 0 bridgehead atoms. The van der Waals surface area contributed by atoms with Gasteiger partial charge in [0.15, 0.2) is 5.65 Å². The summed E-state index contributed by atoms with van der Waals surface area (Å²) < 4.78 is 12.4. The van der Waals surface area contributed by atoms with Crippen LogP contribution in [-0.4, -0.2) is 34.9 Å². The third kappa shape index (κ3) is 3.78. The van der Waals surface area contributed by atoms with Gasteiger partial charge >= 0.3 is 0 Å². The Hall–Kier alpha value is -3.09. The molecule has 2 heterocycles. The van der Waals surface area contributed by atoms with Crippen molar-refractivity contribution in [1.29, 1.82) is 0 Å². The van der Waals surface area contributed by atoms with Crippen molar-refractivity contribution in [2.45, 2.75) is 39.7 Å². The average molecular weight is 382 g/mol. The Bertz CT molecular complexity index is 986. The number of methoxy groups -OCH3 is 2. The number of rotatable bonds is 6. The van der Waals surface area contributed by atoms with Gasteiger partial charge in [0.25, 0.3) is 5.91 Å². The molecule has 1 N–H and O–H groups in total. The van der Waals surface area contributed by atoms with Crippen LogP contribution in [0, 0.1) is 0 Å². The Balaban J connectivity index is 2.06. The molecule has 1 amide bonds. The van der Waals surface area contributed by atoms with Crippen LogP contribution in [0.25, 0.3) is 11.0 Å². The number of aromatic nitrogens is 3. The zero-order chi connectivity index (χ0) is 20.4. The zero-order valence-corrected chi connectivity index (χ0v) is 17.1. The summed E-state index contributed by atoms with van der Waals surface area (Å²) in [4.78, 5) is 17.9. The van der Waals surface area contributed by atoms with Crippen molar-refractivity contribution in [1.82, 2.24) is 14.8 Å². The van der Waals surface area contributed by atoms with Gasteiger partial charge in [-0.2, -0.15) is 5.10 Å². The molecule has 0 fully saturated rings. The van der Waals surface area contributed by atoms with Crippen molar-refractivity contribution < 1.29 is 14.3 Å². The third-order valence-electron chi connectivity index (χ3n) is 4.52. The van der Waals surface area contributed by atoms with Gasteiger partial charge in [-0.1, -0.05) is 13.8 Å². The predicted octanol–water partition coefficient (Wildman–Crippen LogP) is 4.41. The smallest absolute Gasteiger partial charge is 0.256 e. The summed E-state index contributed by atoms with van der Waals surface area (Å²) in [6, 6.07) is 7.24. The lowest BCUT2D eigenvalue weighted by Crippen LogP contribution is -2.14. The highest BCUT2D eigenvalue weighted by atomic mass is 16.5. The Morgan fingerprint density at radius 1 is 1.04 bits per heavy atom. The van der Waals surface area contributed by atoms with Crippen molar-refractivity contribution in [2.75, 3.05) is 19.5 Å². The summed E-state index contributed by atoms with van der Waals surface area (Å²) >= 11 is 0. The van der Waals surface area contributed by atoms with Gasteiger partial charge in [-0.3, -0.25) is 4.79 Å². The number of carbonyl (C=O) groups is 1. The first kappa shape index (κ1) is 19.7. The molecule has 1 aromatic carbocycles. The van der Waals surface area contributed by atoms with Gasteiger partial charge in [0, 0.05) is 35.6 Å². The lowest BCUT2D eigenvalue weighted by Gasteiger charge is -2.13. The number of fused-ring (bicyclic) bond motifs is 1. The maximum absolute atomic E-state index is 13.1. The number of ether oxygens (including phenoxy) is 2. The molecule has 3 aromatic rings. The second kappa shape index (κ2) is 7.88. The van der Waals surface area contributed by atoms with E-state index >= 15 is 0 Å². The van der Waals surface area contributed by atoms with Crippen molar-refractivity contribution in [2.24, 2.45) is 0 Å². The quantitative estimate of drug-likeness (QED) is 0.683. The second-order valence-electron chi connectivity index (χ2n) is 7.23. The second-order valence-corrected chi connectivity index (χ2v) is 7.23. The van der Waals surface area contributed by atoms with Crippen LogP contribution in [-0.2, 0) is 0 Å². The molecule has 0 saturated carbocycles. The van der Waals surface area contributed by atoms with Crippen LogP contribution < -0.4 is 14.8 Å². The van der Waals surface area contributed by atoms with Crippen molar-refractivity contribution in [3.63, 3.8) is 0 Å². The first-order chi connectivity index (χ1) is 13.3. The van der Waals surface area contributed by atoms with Gasteiger partial charge in [0.2, 0.25) is 0 Å². The number of benzene rings is 1. The van der Waals surface area contributed by atoms with E-state index in [-0.39, 0.29) is 17.9 Å². The van der Waals surface area contributed by atoms with E-state index in [0.29, 0.717) is 22.7 Å². The van der Waals surface area contributed by atoms with Crippen LogP contribution in [0.1, 0.15) is 55.7 Å². The van der Waals surface area contributed by atoms with Crippen LogP contribution >= 0.6 is 0 Å². The number of nitrogens with zero attached hydrogens (tertiary/aromatic N) is 3. The number of carbonyl (C=O) groups excluding carboxylic acids is 1. The van der Waals surface area contributed by atoms with Crippen molar-refractivity contribution in [3.05, 3.63) is 41.7 Å². The molecular weight excluding hydrogens is 356 g/mol. The molecule has 0 aliphatic rings. The van der Waals surface area contributed by atoms with Crippen LogP contribution in [0.5, 0.6) is 11.5 Å². The molecule has 0 aliphatic heterocycles. The summed E-state index contributed by atoms with van der Waals surface area (Å²) in [5.74, 6) is 1.16. The molecule has 0 aliphatic carbocycles. The third-order valence-corrected chi connectivity index (χ3v) is 4.52. The first-order valence-electron chi connectivity index (χ1n) is 9.26. The van der Waals surface area contributed by atoms with Gasteiger partial charge in [-0.15, -0.1) is 0 Å². The predicted molar refractivity (Wildman–Crippen MR) is 110 cm³/mol. The fraction of sp³-hybridized carbons (Fsp3) is 0.381. The number of amides is 1. The minimum Gasteiger partial charge on any atom is -0.497 e. The van der Waals surface area contributed by atoms with Crippen LogP contribution in [0.2, 0.25) is 0 Å². The summed E-state index contributed by atoms with van der Waals surface area (Å²) in [6.07, 6.45) is 1.70. The van der Waals surface area contributed by atoms with Gasteiger partial charge in [0.05, 0.1) is 31.4 Å². The fourth-order valence-corrected chi connectivity index (χ4v) is 2.98. The lowest BCUT2D eigenvalue weighted by molar-refractivity contribution is 0.102. The molecule has 0 spiro atoms. The molecule has 0 atom stereocenters. The van der Waals surface area contributed by atoms with Gasteiger partial charge in [0.1, 0.15) is 11.5 Å². The maximum Gasteiger partial charge on any atom is 0.256 e. The monoisotopic (exact) mass is 382 g/mol. The highest BCUT2D eigenvalue weighted by Crippen LogP contribution is 2.28. The molecule has 148 valence electrons. The number of anilines is 1. The molecule has 2 aromatic heterocycles. The number of hydrogen-bond donors (Lipinski definition) is 1. The number of hydrogen-bond acceptors (Lipinski definition) is 5. The molecule has 0 radical (unpaired) electrons. The Morgan fingerprint density at radius 3 is 2.21 bits per heavy atom. The fourth-order valence-electron chi connectivity index (χ4n) is 2.98. The summed E-state index contributed by atoms with van der Waals surface area (Å²) in [5.41, 5.74) is 2.70. The van der Waals surface area contributed by atoms with E-state index in [1.807, 2.05) is 24.6 Å². The van der Waals surface area contributed by atoms with E-state index in [0.717, 1.165) is 16.7 Å². The molecule has 28 heavy (non-hydrogen) atoms. The molecule has 7 nitrogen and oxygen atoms in total. The minimum absolute atomic E-state index is 0.144. The largest absolute Gasteiger partial charge is 0.497 e.